The summed E-state index contributed by atoms with van der Waals surface area (Å²) in [6, 6.07) is 10.6. The number of H-pyrrole nitrogens is 1. The molecule has 1 aromatic carbocycles. The number of rotatable bonds is 2. The van der Waals surface area contributed by atoms with Crippen LogP contribution >= 0.6 is 11.3 Å². The number of aromatic amines is 1. The SMILES string of the molecule is NCc1ccc2[nH]c(-c3ccsc3)cc2c1. The van der Waals surface area contributed by atoms with E-state index in [1.165, 1.54) is 27.7 Å². The van der Waals surface area contributed by atoms with Crippen molar-refractivity contribution in [2.45, 2.75) is 6.54 Å². The maximum atomic E-state index is 5.63. The minimum absolute atomic E-state index is 0.592. The lowest BCUT2D eigenvalue weighted by Gasteiger charge is -1.94. The molecule has 2 aromatic heterocycles. The largest absolute Gasteiger partial charge is 0.355 e. The van der Waals surface area contributed by atoms with Crippen molar-refractivity contribution in [2.24, 2.45) is 5.73 Å². The molecule has 2 nitrogen and oxygen atoms in total. The van der Waals surface area contributed by atoms with E-state index in [-0.39, 0.29) is 0 Å². The van der Waals surface area contributed by atoms with Crippen LogP contribution in [0.5, 0.6) is 0 Å². The highest BCUT2D eigenvalue weighted by atomic mass is 32.1. The molecule has 3 aromatic rings. The summed E-state index contributed by atoms with van der Waals surface area (Å²) in [6.45, 7) is 0.592. The second-order valence-corrected chi connectivity index (χ2v) is 4.60. The third-order valence-corrected chi connectivity index (χ3v) is 3.44. The van der Waals surface area contributed by atoms with Crippen LogP contribution in [0.2, 0.25) is 0 Å². The van der Waals surface area contributed by atoms with E-state index in [4.69, 9.17) is 5.73 Å². The molecule has 3 heteroatoms. The second-order valence-electron chi connectivity index (χ2n) is 3.82. The molecule has 0 saturated carbocycles. The first-order valence-electron chi connectivity index (χ1n) is 5.21. The summed E-state index contributed by atoms with van der Waals surface area (Å²) in [4.78, 5) is 3.42. The van der Waals surface area contributed by atoms with Crippen molar-refractivity contribution in [1.82, 2.24) is 4.98 Å². The van der Waals surface area contributed by atoms with Crippen LogP contribution in [0.1, 0.15) is 5.56 Å². The molecule has 16 heavy (non-hydrogen) atoms. The number of hydrogen-bond donors (Lipinski definition) is 2. The molecule has 0 fully saturated rings. The maximum absolute atomic E-state index is 5.63. The summed E-state index contributed by atoms with van der Waals surface area (Å²) in [6.07, 6.45) is 0. The molecule has 0 radical (unpaired) electrons. The minimum Gasteiger partial charge on any atom is -0.355 e. The maximum Gasteiger partial charge on any atom is 0.0473 e. The number of thiophene rings is 1. The van der Waals surface area contributed by atoms with Gasteiger partial charge in [0.1, 0.15) is 0 Å². The van der Waals surface area contributed by atoms with Crippen LogP contribution in [-0.4, -0.2) is 4.98 Å². The fourth-order valence-corrected chi connectivity index (χ4v) is 2.54. The van der Waals surface area contributed by atoms with E-state index in [1.807, 2.05) is 0 Å². The molecular weight excluding hydrogens is 216 g/mol. The van der Waals surface area contributed by atoms with E-state index in [1.54, 1.807) is 11.3 Å². The van der Waals surface area contributed by atoms with Gasteiger partial charge in [0.05, 0.1) is 0 Å². The van der Waals surface area contributed by atoms with Gasteiger partial charge in [-0.05, 0) is 35.2 Å². The number of hydrogen-bond acceptors (Lipinski definition) is 2. The van der Waals surface area contributed by atoms with Gasteiger partial charge in [0.2, 0.25) is 0 Å². The average molecular weight is 228 g/mol. The van der Waals surface area contributed by atoms with Crippen molar-refractivity contribution in [3.05, 3.63) is 46.7 Å². The zero-order chi connectivity index (χ0) is 11.0. The van der Waals surface area contributed by atoms with Gasteiger partial charge in [-0.3, -0.25) is 0 Å². The third kappa shape index (κ3) is 1.54. The standard InChI is InChI=1S/C13H12N2S/c14-7-9-1-2-12-11(5-9)6-13(15-12)10-3-4-16-8-10/h1-6,8,15H,7,14H2. The van der Waals surface area contributed by atoms with Crippen molar-refractivity contribution in [3.63, 3.8) is 0 Å². The molecule has 0 atom stereocenters. The fourth-order valence-electron chi connectivity index (χ4n) is 1.88. The van der Waals surface area contributed by atoms with E-state index < -0.39 is 0 Å². The molecule has 0 bridgehead atoms. The molecule has 3 rings (SSSR count). The highest BCUT2D eigenvalue weighted by Crippen LogP contribution is 2.26. The lowest BCUT2D eigenvalue weighted by atomic mass is 10.1. The number of fused-ring (bicyclic) bond motifs is 1. The Kier molecular flexibility index (Phi) is 2.27. The lowest BCUT2D eigenvalue weighted by Crippen LogP contribution is -1.94. The predicted octanol–water partition coefficient (Wildman–Crippen LogP) is 3.36. The first-order valence-corrected chi connectivity index (χ1v) is 6.15. The number of aromatic nitrogens is 1. The van der Waals surface area contributed by atoms with Gasteiger partial charge in [0.25, 0.3) is 0 Å². The number of benzene rings is 1. The Hall–Kier alpha value is -1.58. The van der Waals surface area contributed by atoms with Gasteiger partial charge >= 0.3 is 0 Å². The van der Waals surface area contributed by atoms with Crippen molar-refractivity contribution in [1.29, 1.82) is 0 Å². The normalized spacial score (nSPS) is 11.1. The average Bonchev–Trinajstić information content (AvgIpc) is 2.96. The number of nitrogens with one attached hydrogen (secondary N) is 1. The molecular formula is C13H12N2S. The molecule has 0 unspecified atom stereocenters. The summed E-state index contributed by atoms with van der Waals surface area (Å²) >= 11 is 1.71. The summed E-state index contributed by atoms with van der Waals surface area (Å²) in [5.41, 5.74) is 10.4. The van der Waals surface area contributed by atoms with Gasteiger partial charge in [0, 0.05) is 34.1 Å². The zero-order valence-electron chi connectivity index (χ0n) is 8.73. The molecule has 3 N–H and O–H groups in total. The zero-order valence-corrected chi connectivity index (χ0v) is 9.55. The van der Waals surface area contributed by atoms with Crippen LogP contribution in [-0.2, 0) is 6.54 Å². The van der Waals surface area contributed by atoms with Gasteiger partial charge in [-0.25, -0.2) is 0 Å². The van der Waals surface area contributed by atoms with Crippen molar-refractivity contribution >= 4 is 22.2 Å². The lowest BCUT2D eigenvalue weighted by molar-refractivity contribution is 1.08. The third-order valence-electron chi connectivity index (χ3n) is 2.75. The second kappa shape index (κ2) is 3.77. The Morgan fingerprint density at radius 2 is 2.12 bits per heavy atom. The van der Waals surface area contributed by atoms with Gasteiger partial charge in [0.15, 0.2) is 0 Å². The summed E-state index contributed by atoms with van der Waals surface area (Å²) in [5, 5.41) is 5.46. The van der Waals surface area contributed by atoms with Crippen molar-refractivity contribution in [3.8, 4) is 11.3 Å². The highest BCUT2D eigenvalue weighted by molar-refractivity contribution is 7.08. The molecule has 0 amide bonds. The van der Waals surface area contributed by atoms with Crippen LogP contribution in [0.25, 0.3) is 22.2 Å². The smallest absolute Gasteiger partial charge is 0.0473 e. The molecule has 80 valence electrons. The van der Waals surface area contributed by atoms with Crippen LogP contribution in [0.4, 0.5) is 0 Å². The van der Waals surface area contributed by atoms with E-state index >= 15 is 0 Å². The van der Waals surface area contributed by atoms with Crippen LogP contribution in [0.3, 0.4) is 0 Å². The van der Waals surface area contributed by atoms with Gasteiger partial charge in [-0.1, -0.05) is 6.07 Å². The molecule has 0 saturated heterocycles. The van der Waals surface area contributed by atoms with Gasteiger partial charge in [-0.15, -0.1) is 0 Å². The van der Waals surface area contributed by atoms with E-state index in [0.29, 0.717) is 6.54 Å². The van der Waals surface area contributed by atoms with Crippen molar-refractivity contribution < 1.29 is 0 Å². The Bertz CT molecular complexity index is 608. The summed E-state index contributed by atoms with van der Waals surface area (Å²) < 4.78 is 0. The minimum atomic E-state index is 0.592. The van der Waals surface area contributed by atoms with E-state index in [2.05, 4.69) is 46.1 Å². The Labute approximate surface area is 97.7 Å². The van der Waals surface area contributed by atoms with Crippen LogP contribution in [0, 0.1) is 0 Å². The predicted molar refractivity (Wildman–Crippen MR) is 69.5 cm³/mol. The first-order chi connectivity index (χ1) is 7.86. The Balaban J connectivity index is 2.16. The van der Waals surface area contributed by atoms with Crippen molar-refractivity contribution in [2.75, 3.05) is 0 Å². The van der Waals surface area contributed by atoms with Crippen LogP contribution < -0.4 is 5.73 Å². The van der Waals surface area contributed by atoms with E-state index in [9.17, 15) is 0 Å². The summed E-state index contributed by atoms with van der Waals surface area (Å²) in [5.74, 6) is 0. The topological polar surface area (TPSA) is 41.8 Å². The molecule has 0 spiro atoms. The quantitative estimate of drug-likeness (QED) is 0.694. The Morgan fingerprint density at radius 1 is 1.19 bits per heavy atom. The van der Waals surface area contributed by atoms with E-state index in [0.717, 1.165) is 0 Å². The van der Waals surface area contributed by atoms with Crippen LogP contribution in [0.15, 0.2) is 41.1 Å². The van der Waals surface area contributed by atoms with Gasteiger partial charge < -0.3 is 10.7 Å². The molecule has 0 aliphatic rings. The number of nitrogens with two attached hydrogens (primary N) is 1. The molecule has 0 aliphatic heterocycles. The molecule has 0 aliphatic carbocycles. The monoisotopic (exact) mass is 228 g/mol. The molecule has 2 heterocycles. The highest BCUT2D eigenvalue weighted by Gasteiger charge is 2.03. The summed E-state index contributed by atoms with van der Waals surface area (Å²) in [7, 11) is 0. The fraction of sp³-hybridized carbons (Fsp3) is 0.0769. The van der Waals surface area contributed by atoms with Gasteiger partial charge in [-0.2, -0.15) is 11.3 Å². The first kappa shape index (κ1) is 9.63. The Morgan fingerprint density at radius 3 is 2.88 bits per heavy atom.